The van der Waals surface area contributed by atoms with Crippen LogP contribution in [0.2, 0.25) is 0 Å². The van der Waals surface area contributed by atoms with E-state index in [1.165, 1.54) is 6.07 Å². The zero-order chi connectivity index (χ0) is 14.1. The molecule has 102 valence electrons. The molecule has 1 aromatic heterocycles. The Kier molecular flexibility index (Phi) is 3.59. The van der Waals surface area contributed by atoms with Crippen molar-refractivity contribution in [3.63, 3.8) is 0 Å². The van der Waals surface area contributed by atoms with E-state index in [1.54, 1.807) is 6.07 Å². The Morgan fingerprint density at radius 1 is 1.15 bits per heavy atom. The number of fused-ring (bicyclic) bond motifs is 1. The summed E-state index contributed by atoms with van der Waals surface area (Å²) < 4.78 is 16.2. The van der Waals surface area contributed by atoms with Gasteiger partial charge < -0.3 is 10.3 Å². The maximum absolute atomic E-state index is 13.6. The number of rotatable bonds is 3. The molecule has 20 heavy (non-hydrogen) atoms. The van der Waals surface area contributed by atoms with Gasteiger partial charge in [-0.15, -0.1) is 0 Å². The summed E-state index contributed by atoms with van der Waals surface area (Å²) in [4.78, 5) is 0. The number of aromatic nitrogens is 1. The van der Waals surface area contributed by atoms with Crippen molar-refractivity contribution in [3.05, 3.63) is 70.1 Å². The summed E-state index contributed by atoms with van der Waals surface area (Å²) in [5, 5.41) is 1.15. The van der Waals surface area contributed by atoms with Crippen LogP contribution in [0.25, 0.3) is 10.9 Å². The highest BCUT2D eigenvalue weighted by atomic mass is 79.9. The second-order valence-electron chi connectivity index (χ2n) is 4.75. The van der Waals surface area contributed by atoms with E-state index in [0.717, 1.165) is 22.0 Å². The largest absolute Gasteiger partial charge is 0.343 e. The van der Waals surface area contributed by atoms with Crippen LogP contribution >= 0.6 is 15.9 Å². The summed E-state index contributed by atoms with van der Waals surface area (Å²) >= 11 is 3.31. The molecule has 0 aliphatic heterocycles. The number of benzene rings is 2. The standard InChI is InChI=1S/C16H14BrFN2/c17-16-13(2-1-3-14(16)18)10-20-7-6-12-8-11(9-19)4-5-15(12)20/h1-8H,9-10,19H2. The Hall–Kier alpha value is -1.65. The summed E-state index contributed by atoms with van der Waals surface area (Å²) in [7, 11) is 0. The summed E-state index contributed by atoms with van der Waals surface area (Å²) in [5.74, 6) is -0.232. The minimum Gasteiger partial charge on any atom is -0.343 e. The molecule has 0 unspecified atom stereocenters. The van der Waals surface area contributed by atoms with Gasteiger partial charge in [0.1, 0.15) is 5.82 Å². The summed E-state index contributed by atoms with van der Waals surface area (Å²) in [6.45, 7) is 1.17. The third-order valence-electron chi connectivity index (χ3n) is 3.44. The van der Waals surface area contributed by atoms with E-state index in [9.17, 15) is 4.39 Å². The van der Waals surface area contributed by atoms with Crippen LogP contribution in [0.4, 0.5) is 4.39 Å². The van der Waals surface area contributed by atoms with Crippen molar-refractivity contribution >= 4 is 26.8 Å². The first-order valence-electron chi connectivity index (χ1n) is 6.40. The molecular formula is C16H14BrFN2. The van der Waals surface area contributed by atoms with Gasteiger partial charge in [0, 0.05) is 24.8 Å². The topological polar surface area (TPSA) is 30.9 Å². The smallest absolute Gasteiger partial charge is 0.137 e. The molecule has 0 saturated carbocycles. The van der Waals surface area contributed by atoms with Crippen LogP contribution in [0.15, 0.2) is 53.1 Å². The number of halogens is 2. The maximum Gasteiger partial charge on any atom is 0.137 e. The van der Waals surface area contributed by atoms with Crippen molar-refractivity contribution < 1.29 is 4.39 Å². The van der Waals surface area contributed by atoms with Crippen molar-refractivity contribution in [1.82, 2.24) is 4.57 Å². The molecule has 2 N–H and O–H groups in total. The average molecular weight is 333 g/mol. The van der Waals surface area contributed by atoms with E-state index in [4.69, 9.17) is 5.73 Å². The molecule has 0 bridgehead atoms. The lowest BCUT2D eigenvalue weighted by Gasteiger charge is -2.09. The average Bonchev–Trinajstić information content (AvgIpc) is 2.86. The maximum atomic E-state index is 13.6. The van der Waals surface area contributed by atoms with Gasteiger partial charge >= 0.3 is 0 Å². The Morgan fingerprint density at radius 2 is 2.00 bits per heavy atom. The molecule has 0 spiro atoms. The fourth-order valence-corrected chi connectivity index (χ4v) is 2.76. The van der Waals surface area contributed by atoms with Crippen LogP contribution in [0.3, 0.4) is 0 Å². The van der Waals surface area contributed by atoms with E-state index < -0.39 is 0 Å². The van der Waals surface area contributed by atoms with Crippen LogP contribution < -0.4 is 5.73 Å². The lowest BCUT2D eigenvalue weighted by atomic mass is 10.1. The summed E-state index contributed by atoms with van der Waals surface area (Å²) in [6.07, 6.45) is 2.02. The first-order chi connectivity index (χ1) is 9.69. The Labute approximate surface area is 125 Å². The van der Waals surface area contributed by atoms with Gasteiger partial charge in [-0.2, -0.15) is 0 Å². The zero-order valence-corrected chi connectivity index (χ0v) is 12.4. The van der Waals surface area contributed by atoms with Crippen molar-refractivity contribution in [2.75, 3.05) is 0 Å². The van der Waals surface area contributed by atoms with Crippen molar-refractivity contribution in [1.29, 1.82) is 0 Å². The van der Waals surface area contributed by atoms with Crippen LogP contribution in [0.1, 0.15) is 11.1 Å². The lowest BCUT2D eigenvalue weighted by molar-refractivity contribution is 0.616. The van der Waals surface area contributed by atoms with Crippen molar-refractivity contribution in [2.45, 2.75) is 13.1 Å². The predicted molar refractivity (Wildman–Crippen MR) is 83.0 cm³/mol. The molecule has 0 aliphatic rings. The summed E-state index contributed by atoms with van der Waals surface area (Å²) in [5.41, 5.74) is 8.81. The molecule has 0 aliphatic carbocycles. The fourth-order valence-electron chi connectivity index (χ4n) is 2.37. The Balaban J connectivity index is 2.01. The van der Waals surface area contributed by atoms with E-state index in [-0.39, 0.29) is 5.82 Å². The lowest BCUT2D eigenvalue weighted by Crippen LogP contribution is -2.00. The number of nitrogens with two attached hydrogens (primary N) is 1. The second kappa shape index (κ2) is 5.38. The highest BCUT2D eigenvalue weighted by molar-refractivity contribution is 9.10. The monoisotopic (exact) mass is 332 g/mol. The van der Waals surface area contributed by atoms with Gasteiger partial charge in [0.2, 0.25) is 0 Å². The SMILES string of the molecule is NCc1ccc2c(ccn2Cc2cccc(F)c2Br)c1. The second-order valence-corrected chi connectivity index (χ2v) is 5.55. The van der Waals surface area contributed by atoms with Crippen LogP contribution in [-0.2, 0) is 13.1 Å². The molecule has 4 heteroatoms. The first kappa shape index (κ1) is 13.3. The van der Waals surface area contributed by atoms with Gasteiger partial charge in [0.15, 0.2) is 0 Å². The minimum absolute atomic E-state index is 0.232. The summed E-state index contributed by atoms with van der Waals surface area (Å²) in [6, 6.07) is 13.3. The molecule has 0 atom stereocenters. The molecule has 0 fully saturated rings. The van der Waals surface area contributed by atoms with E-state index in [1.807, 2.05) is 18.3 Å². The molecule has 0 saturated heterocycles. The number of nitrogens with zero attached hydrogens (tertiary/aromatic N) is 1. The molecule has 0 amide bonds. The quantitative estimate of drug-likeness (QED) is 0.770. The predicted octanol–water partition coefficient (Wildman–Crippen LogP) is 4.05. The normalized spacial score (nSPS) is 11.2. The van der Waals surface area contributed by atoms with E-state index in [2.05, 4.69) is 38.7 Å². The number of hydrogen-bond donors (Lipinski definition) is 1. The molecular weight excluding hydrogens is 319 g/mol. The van der Waals surface area contributed by atoms with E-state index >= 15 is 0 Å². The van der Waals surface area contributed by atoms with Gasteiger partial charge in [0.25, 0.3) is 0 Å². The third-order valence-corrected chi connectivity index (χ3v) is 4.33. The molecule has 2 nitrogen and oxygen atoms in total. The van der Waals surface area contributed by atoms with Crippen LogP contribution in [0, 0.1) is 5.82 Å². The molecule has 2 aromatic carbocycles. The highest BCUT2D eigenvalue weighted by Gasteiger charge is 2.08. The fraction of sp³-hybridized carbons (Fsp3) is 0.125. The van der Waals surface area contributed by atoms with Gasteiger partial charge in [-0.25, -0.2) is 4.39 Å². The van der Waals surface area contributed by atoms with Crippen molar-refractivity contribution in [2.24, 2.45) is 5.73 Å². The van der Waals surface area contributed by atoms with E-state index in [0.29, 0.717) is 17.6 Å². The van der Waals surface area contributed by atoms with Gasteiger partial charge in [-0.05, 0) is 56.7 Å². The van der Waals surface area contributed by atoms with Crippen LogP contribution in [0.5, 0.6) is 0 Å². The molecule has 1 heterocycles. The molecule has 0 radical (unpaired) electrons. The van der Waals surface area contributed by atoms with Crippen molar-refractivity contribution in [3.8, 4) is 0 Å². The van der Waals surface area contributed by atoms with Gasteiger partial charge in [-0.3, -0.25) is 0 Å². The Bertz CT molecular complexity index is 764. The van der Waals surface area contributed by atoms with Gasteiger partial charge in [0.05, 0.1) is 4.47 Å². The first-order valence-corrected chi connectivity index (χ1v) is 7.19. The molecule has 3 rings (SSSR count). The highest BCUT2D eigenvalue weighted by Crippen LogP contribution is 2.24. The van der Waals surface area contributed by atoms with Gasteiger partial charge in [-0.1, -0.05) is 18.2 Å². The third kappa shape index (κ3) is 2.37. The van der Waals surface area contributed by atoms with Crippen LogP contribution in [-0.4, -0.2) is 4.57 Å². The Morgan fingerprint density at radius 3 is 2.80 bits per heavy atom. The minimum atomic E-state index is -0.232. The number of hydrogen-bond acceptors (Lipinski definition) is 1. The molecule has 3 aromatic rings. The zero-order valence-electron chi connectivity index (χ0n) is 10.8.